The van der Waals surface area contributed by atoms with Gasteiger partial charge in [0.15, 0.2) is 5.76 Å². The van der Waals surface area contributed by atoms with Crippen LogP contribution < -0.4 is 0 Å². The highest BCUT2D eigenvalue weighted by atomic mass is 16.5. The highest BCUT2D eigenvalue weighted by molar-refractivity contribution is 5.74. The van der Waals surface area contributed by atoms with Gasteiger partial charge in [0.1, 0.15) is 0 Å². The van der Waals surface area contributed by atoms with Gasteiger partial charge < -0.3 is 4.52 Å². The van der Waals surface area contributed by atoms with Crippen molar-refractivity contribution >= 4 is 6.08 Å². The minimum atomic E-state index is 0.797. The Morgan fingerprint density at radius 3 is 2.16 bits per heavy atom. The third kappa shape index (κ3) is 4.54. The molecule has 1 saturated carbocycles. The molecule has 0 amide bonds. The fourth-order valence-electron chi connectivity index (χ4n) is 4.06. The molecular formula is C29H27NO. The Hall–Kier alpha value is -3.39. The van der Waals surface area contributed by atoms with E-state index in [9.17, 15) is 0 Å². The Labute approximate surface area is 184 Å². The highest BCUT2D eigenvalue weighted by Gasteiger charge is 2.23. The minimum absolute atomic E-state index is 0.797. The summed E-state index contributed by atoms with van der Waals surface area (Å²) < 4.78 is 5.69. The molecule has 0 bridgehead atoms. The zero-order valence-corrected chi connectivity index (χ0v) is 17.9. The monoisotopic (exact) mass is 405 g/mol. The van der Waals surface area contributed by atoms with E-state index in [1.165, 1.54) is 35.1 Å². The van der Waals surface area contributed by atoms with Crippen LogP contribution in [0.5, 0.6) is 0 Å². The van der Waals surface area contributed by atoms with Crippen molar-refractivity contribution in [3.8, 4) is 22.5 Å². The molecule has 2 heteroatoms. The first-order valence-corrected chi connectivity index (χ1v) is 11.2. The van der Waals surface area contributed by atoms with Gasteiger partial charge in [-0.1, -0.05) is 96.2 Å². The summed E-state index contributed by atoms with van der Waals surface area (Å²) in [6.07, 6.45) is 9.07. The predicted molar refractivity (Wildman–Crippen MR) is 128 cm³/mol. The molecule has 1 fully saturated rings. The zero-order chi connectivity index (χ0) is 21.0. The maximum Gasteiger partial charge on any atom is 0.174 e. The van der Waals surface area contributed by atoms with E-state index in [4.69, 9.17) is 4.52 Å². The van der Waals surface area contributed by atoms with Crippen LogP contribution in [0.3, 0.4) is 0 Å². The van der Waals surface area contributed by atoms with Crippen molar-refractivity contribution in [2.75, 3.05) is 0 Å². The first-order valence-electron chi connectivity index (χ1n) is 11.2. The van der Waals surface area contributed by atoms with Crippen LogP contribution in [-0.4, -0.2) is 5.16 Å². The molecule has 0 atom stereocenters. The van der Waals surface area contributed by atoms with Crippen LogP contribution in [0.15, 0.2) is 89.5 Å². The third-order valence-electron chi connectivity index (χ3n) is 6.08. The molecule has 0 saturated heterocycles. The summed E-state index contributed by atoms with van der Waals surface area (Å²) >= 11 is 0. The van der Waals surface area contributed by atoms with Crippen LogP contribution in [0.1, 0.15) is 47.6 Å². The molecule has 0 radical (unpaired) electrons. The Morgan fingerprint density at radius 1 is 0.839 bits per heavy atom. The van der Waals surface area contributed by atoms with Crippen LogP contribution in [-0.2, 0) is 6.42 Å². The van der Waals surface area contributed by atoms with Crippen molar-refractivity contribution < 1.29 is 4.52 Å². The van der Waals surface area contributed by atoms with E-state index < -0.39 is 0 Å². The first kappa shape index (κ1) is 19.6. The predicted octanol–water partition coefficient (Wildman–Crippen LogP) is 7.84. The number of benzene rings is 3. The van der Waals surface area contributed by atoms with Crippen molar-refractivity contribution in [2.24, 2.45) is 0 Å². The molecule has 0 N–H and O–H groups in total. The molecule has 1 aromatic heterocycles. The molecule has 0 spiro atoms. The van der Waals surface area contributed by atoms with Crippen LogP contribution in [0.25, 0.3) is 28.5 Å². The van der Waals surface area contributed by atoms with Gasteiger partial charge in [0, 0.05) is 11.1 Å². The van der Waals surface area contributed by atoms with Crippen LogP contribution in [0.2, 0.25) is 0 Å². The van der Waals surface area contributed by atoms with Gasteiger partial charge in [0.05, 0.1) is 5.69 Å². The van der Waals surface area contributed by atoms with Crippen molar-refractivity contribution in [3.63, 3.8) is 0 Å². The van der Waals surface area contributed by atoms with Crippen molar-refractivity contribution in [1.82, 2.24) is 5.16 Å². The Morgan fingerprint density at radius 2 is 1.48 bits per heavy atom. The van der Waals surface area contributed by atoms with Crippen molar-refractivity contribution in [3.05, 3.63) is 107 Å². The molecular weight excluding hydrogens is 378 g/mol. The van der Waals surface area contributed by atoms with E-state index >= 15 is 0 Å². The normalized spacial score (nSPS) is 13.7. The third-order valence-corrected chi connectivity index (χ3v) is 6.08. The van der Waals surface area contributed by atoms with E-state index in [-0.39, 0.29) is 0 Å². The summed E-state index contributed by atoms with van der Waals surface area (Å²) in [7, 11) is 0. The summed E-state index contributed by atoms with van der Waals surface area (Å²) in [5, 5.41) is 4.22. The summed E-state index contributed by atoms with van der Waals surface area (Å²) in [5.74, 6) is 1.63. The highest BCUT2D eigenvalue weighted by Crippen LogP contribution is 2.40. The standard InChI is InChI=1S/C29H27NO/c1-21-28(10-6-5-9-22-7-3-2-4-8-22)29(31-30-21)27-19-17-26(18-20-27)25-15-13-24(14-16-25)23-11-12-23/h2-4,6-8,10,13-20,23H,5,9,11-12H2,1H3. The summed E-state index contributed by atoms with van der Waals surface area (Å²) in [6.45, 7) is 2.00. The average molecular weight is 406 g/mol. The molecule has 1 aliphatic carbocycles. The molecule has 5 rings (SSSR count). The van der Waals surface area contributed by atoms with Gasteiger partial charge in [-0.25, -0.2) is 0 Å². The van der Waals surface area contributed by atoms with Gasteiger partial charge in [-0.05, 0) is 60.8 Å². The lowest BCUT2D eigenvalue weighted by molar-refractivity contribution is 0.427. The lowest BCUT2D eigenvalue weighted by Crippen LogP contribution is -1.84. The first-order chi connectivity index (χ1) is 15.3. The van der Waals surface area contributed by atoms with Crippen molar-refractivity contribution in [2.45, 2.75) is 38.5 Å². The topological polar surface area (TPSA) is 26.0 Å². The molecule has 4 aromatic rings. The number of hydrogen-bond donors (Lipinski definition) is 0. The zero-order valence-electron chi connectivity index (χ0n) is 17.9. The lowest BCUT2D eigenvalue weighted by Gasteiger charge is -2.05. The Kier molecular flexibility index (Phi) is 5.54. The van der Waals surface area contributed by atoms with Crippen LogP contribution in [0, 0.1) is 6.92 Å². The second-order valence-electron chi connectivity index (χ2n) is 8.41. The van der Waals surface area contributed by atoms with E-state index in [0.29, 0.717) is 0 Å². The van der Waals surface area contributed by atoms with Gasteiger partial charge in [0.2, 0.25) is 0 Å². The molecule has 1 aliphatic rings. The SMILES string of the molecule is Cc1noc(-c2ccc(-c3ccc(C4CC4)cc3)cc2)c1C=CCCc1ccccc1. The number of aryl methyl sites for hydroxylation is 2. The van der Waals surface area contributed by atoms with Gasteiger partial charge in [-0.3, -0.25) is 0 Å². The Bertz CT molecular complexity index is 1160. The summed E-state index contributed by atoms with van der Waals surface area (Å²) in [4.78, 5) is 0. The van der Waals surface area contributed by atoms with E-state index in [0.717, 1.165) is 41.3 Å². The second kappa shape index (κ2) is 8.77. The number of aromatic nitrogens is 1. The second-order valence-corrected chi connectivity index (χ2v) is 8.41. The molecule has 1 heterocycles. The molecule has 3 aromatic carbocycles. The van der Waals surface area contributed by atoms with Gasteiger partial charge >= 0.3 is 0 Å². The number of hydrogen-bond acceptors (Lipinski definition) is 2. The van der Waals surface area contributed by atoms with E-state index in [2.05, 4.69) is 96.2 Å². The number of allylic oxidation sites excluding steroid dienone is 1. The van der Waals surface area contributed by atoms with Crippen LogP contribution in [0.4, 0.5) is 0 Å². The smallest absolute Gasteiger partial charge is 0.174 e. The number of rotatable bonds is 7. The Balaban J connectivity index is 1.30. The maximum atomic E-state index is 5.69. The lowest BCUT2D eigenvalue weighted by atomic mass is 9.99. The van der Waals surface area contributed by atoms with Crippen molar-refractivity contribution in [1.29, 1.82) is 0 Å². The summed E-state index contributed by atoms with van der Waals surface area (Å²) in [6, 6.07) is 28.2. The fraction of sp³-hybridized carbons (Fsp3) is 0.207. The van der Waals surface area contributed by atoms with Gasteiger partial charge in [0.25, 0.3) is 0 Å². The maximum absolute atomic E-state index is 5.69. The molecule has 2 nitrogen and oxygen atoms in total. The molecule has 154 valence electrons. The average Bonchev–Trinajstić information content (AvgIpc) is 3.61. The number of nitrogens with zero attached hydrogens (tertiary/aromatic N) is 1. The summed E-state index contributed by atoms with van der Waals surface area (Å²) in [5.41, 5.74) is 8.35. The van der Waals surface area contributed by atoms with Gasteiger partial charge in [-0.15, -0.1) is 0 Å². The quantitative estimate of drug-likeness (QED) is 0.313. The molecule has 0 aliphatic heterocycles. The minimum Gasteiger partial charge on any atom is -0.355 e. The van der Waals surface area contributed by atoms with E-state index in [1.54, 1.807) is 0 Å². The van der Waals surface area contributed by atoms with E-state index in [1.807, 2.05) is 6.92 Å². The van der Waals surface area contributed by atoms with Gasteiger partial charge in [-0.2, -0.15) is 0 Å². The van der Waals surface area contributed by atoms with Crippen LogP contribution >= 0.6 is 0 Å². The molecule has 0 unspecified atom stereocenters. The molecule has 31 heavy (non-hydrogen) atoms. The fourth-order valence-corrected chi connectivity index (χ4v) is 4.06. The largest absolute Gasteiger partial charge is 0.355 e.